The van der Waals surface area contributed by atoms with Gasteiger partial charge in [0.05, 0.1) is 0 Å². The summed E-state index contributed by atoms with van der Waals surface area (Å²) in [4.78, 5) is 25.7. The van der Waals surface area contributed by atoms with Crippen LogP contribution in [-0.4, -0.2) is 37.0 Å². The van der Waals surface area contributed by atoms with E-state index in [4.69, 9.17) is 5.73 Å². The van der Waals surface area contributed by atoms with Crippen molar-refractivity contribution in [2.45, 2.75) is 38.8 Å². The van der Waals surface area contributed by atoms with E-state index in [9.17, 15) is 9.59 Å². The average Bonchev–Trinajstić information content (AvgIpc) is 2.72. The minimum Gasteiger partial charge on any atom is -0.354 e. The molecule has 0 radical (unpaired) electrons. The summed E-state index contributed by atoms with van der Waals surface area (Å²) in [5, 5.41) is 5.60. The minimum absolute atomic E-state index is 0.134. The van der Waals surface area contributed by atoms with Crippen molar-refractivity contribution in [1.82, 2.24) is 15.5 Å². The Balaban J connectivity index is 1.66. The van der Waals surface area contributed by atoms with Crippen LogP contribution in [0.5, 0.6) is 0 Å². The molecule has 4 N–H and O–H groups in total. The molecule has 0 fully saturated rings. The Kier molecular flexibility index (Phi) is 8.68. The number of carbonyl (C=O) groups excluding carboxylic acids is 2. The minimum atomic E-state index is -0.258. The molecule has 0 aromatic heterocycles. The standard InChI is InChI=1S/C23H32N4O2/c1-17(2)19-9-11-20(12-10-19)21(24)15-26-22(28)13-14-25-23(29)27(3)16-18-7-5-4-6-8-18/h4-12,17,21H,13-16,24H2,1-3H3,(H,25,29)(H,26,28). The summed E-state index contributed by atoms with van der Waals surface area (Å²) in [7, 11) is 1.73. The lowest BCUT2D eigenvalue weighted by molar-refractivity contribution is -0.121. The first kappa shape index (κ1) is 22.4. The van der Waals surface area contributed by atoms with E-state index in [1.54, 1.807) is 11.9 Å². The van der Waals surface area contributed by atoms with Gasteiger partial charge in [0.15, 0.2) is 0 Å². The maximum atomic E-state index is 12.1. The monoisotopic (exact) mass is 396 g/mol. The van der Waals surface area contributed by atoms with Crippen molar-refractivity contribution in [3.05, 3.63) is 71.3 Å². The number of hydrogen-bond acceptors (Lipinski definition) is 3. The van der Waals surface area contributed by atoms with E-state index in [0.29, 0.717) is 19.0 Å². The second-order valence-corrected chi connectivity index (χ2v) is 7.56. The van der Waals surface area contributed by atoms with Gasteiger partial charge in [-0.3, -0.25) is 4.79 Å². The fourth-order valence-electron chi connectivity index (χ4n) is 2.91. The van der Waals surface area contributed by atoms with Gasteiger partial charge in [-0.1, -0.05) is 68.4 Å². The molecule has 29 heavy (non-hydrogen) atoms. The molecule has 3 amide bonds. The lowest BCUT2D eigenvalue weighted by atomic mass is 9.99. The number of nitrogens with one attached hydrogen (secondary N) is 2. The molecule has 1 unspecified atom stereocenters. The molecular weight excluding hydrogens is 364 g/mol. The van der Waals surface area contributed by atoms with E-state index in [0.717, 1.165) is 11.1 Å². The van der Waals surface area contributed by atoms with Crippen molar-refractivity contribution in [2.75, 3.05) is 20.1 Å². The van der Waals surface area contributed by atoms with E-state index < -0.39 is 0 Å². The molecule has 0 aliphatic heterocycles. The number of amides is 3. The van der Waals surface area contributed by atoms with Crippen molar-refractivity contribution >= 4 is 11.9 Å². The van der Waals surface area contributed by atoms with Crippen molar-refractivity contribution in [3.63, 3.8) is 0 Å². The second-order valence-electron chi connectivity index (χ2n) is 7.56. The van der Waals surface area contributed by atoms with E-state index in [-0.39, 0.29) is 30.9 Å². The molecule has 0 aliphatic rings. The Morgan fingerprint density at radius 1 is 0.966 bits per heavy atom. The molecular formula is C23H32N4O2. The predicted octanol–water partition coefficient (Wildman–Crippen LogP) is 3.16. The average molecular weight is 397 g/mol. The fraction of sp³-hybridized carbons (Fsp3) is 0.391. The molecule has 1 atom stereocenters. The Morgan fingerprint density at radius 3 is 2.21 bits per heavy atom. The third-order valence-electron chi connectivity index (χ3n) is 4.79. The van der Waals surface area contributed by atoms with Gasteiger partial charge in [-0.05, 0) is 22.6 Å². The van der Waals surface area contributed by atoms with Crippen molar-refractivity contribution in [2.24, 2.45) is 5.73 Å². The Bertz CT molecular complexity index is 775. The summed E-state index contributed by atoms with van der Waals surface area (Å²) < 4.78 is 0. The predicted molar refractivity (Wildman–Crippen MR) is 116 cm³/mol. The van der Waals surface area contributed by atoms with Crippen LogP contribution in [0.15, 0.2) is 54.6 Å². The highest BCUT2D eigenvalue weighted by molar-refractivity contribution is 5.78. The Hall–Kier alpha value is -2.86. The van der Waals surface area contributed by atoms with E-state index in [1.807, 2.05) is 42.5 Å². The van der Waals surface area contributed by atoms with Crippen LogP contribution in [0.25, 0.3) is 0 Å². The number of carbonyl (C=O) groups is 2. The van der Waals surface area contributed by atoms with Crippen LogP contribution in [0.4, 0.5) is 4.79 Å². The zero-order chi connectivity index (χ0) is 21.2. The van der Waals surface area contributed by atoms with Gasteiger partial charge in [0, 0.05) is 39.1 Å². The number of nitrogens with zero attached hydrogens (tertiary/aromatic N) is 1. The largest absolute Gasteiger partial charge is 0.354 e. The van der Waals surface area contributed by atoms with Gasteiger partial charge in [-0.15, -0.1) is 0 Å². The van der Waals surface area contributed by atoms with Crippen LogP contribution >= 0.6 is 0 Å². The quantitative estimate of drug-likeness (QED) is 0.608. The van der Waals surface area contributed by atoms with Crippen LogP contribution < -0.4 is 16.4 Å². The van der Waals surface area contributed by atoms with Crippen LogP contribution in [-0.2, 0) is 11.3 Å². The number of hydrogen-bond donors (Lipinski definition) is 3. The number of benzene rings is 2. The highest BCUT2D eigenvalue weighted by Gasteiger charge is 2.11. The maximum Gasteiger partial charge on any atom is 0.317 e. The summed E-state index contributed by atoms with van der Waals surface area (Å²) in [6, 6.07) is 17.5. The number of nitrogens with two attached hydrogens (primary N) is 1. The summed E-state index contributed by atoms with van der Waals surface area (Å²) >= 11 is 0. The van der Waals surface area contributed by atoms with Crippen LogP contribution in [0, 0.1) is 0 Å². The zero-order valence-electron chi connectivity index (χ0n) is 17.5. The molecule has 0 saturated carbocycles. The van der Waals surface area contributed by atoms with Gasteiger partial charge in [-0.2, -0.15) is 0 Å². The highest BCUT2D eigenvalue weighted by atomic mass is 16.2. The van der Waals surface area contributed by atoms with Gasteiger partial charge in [0.1, 0.15) is 0 Å². The molecule has 6 nitrogen and oxygen atoms in total. The van der Waals surface area contributed by atoms with Gasteiger partial charge < -0.3 is 21.3 Å². The van der Waals surface area contributed by atoms with Crippen molar-refractivity contribution < 1.29 is 9.59 Å². The number of urea groups is 1. The SMILES string of the molecule is CC(C)c1ccc(C(N)CNC(=O)CCNC(=O)N(C)Cc2ccccc2)cc1. The van der Waals surface area contributed by atoms with Crippen molar-refractivity contribution in [3.8, 4) is 0 Å². The second kappa shape index (κ2) is 11.2. The summed E-state index contributed by atoms with van der Waals surface area (Å²) in [6.07, 6.45) is 0.212. The summed E-state index contributed by atoms with van der Waals surface area (Å²) in [5.41, 5.74) is 9.48. The molecule has 0 bridgehead atoms. The Labute approximate surface area is 173 Å². The van der Waals surface area contributed by atoms with E-state index in [2.05, 4.69) is 36.6 Å². The molecule has 2 aromatic rings. The molecule has 0 aliphatic carbocycles. The van der Waals surface area contributed by atoms with Gasteiger partial charge >= 0.3 is 6.03 Å². The first-order chi connectivity index (χ1) is 13.9. The molecule has 0 spiro atoms. The number of rotatable bonds is 9. The summed E-state index contributed by atoms with van der Waals surface area (Å²) in [5.74, 6) is 0.340. The van der Waals surface area contributed by atoms with E-state index in [1.165, 1.54) is 5.56 Å². The fourth-order valence-corrected chi connectivity index (χ4v) is 2.91. The normalized spacial score (nSPS) is 11.8. The first-order valence-electron chi connectivity index (χ1n) is 10.0. The lowest BCUT2D eigenvalue weighted by Crippen LogP contribution is -2.39. The molecule has 2 rings (SSSR count). The first-order valence-corrected chi connectivity index (χ1v) is 10.0. The van der Waals surface area contributed by atoms with Gasteiger partial charge in [0.25, 0.3) is 0 Å². The molecule has 6 heteroatoms. The van der Waals surface area contributed by atoms with Crippen LogP contribution in [0.1, 0.15) is 48.9 Å². The molecule has 0 saturated heterocycles. The highest BCUT2D eigenvalue weighted by Crippen LogP contribution is 2.17. The zero-order valence-corrected chi connectivity index (χ0v) is 17.5. The van der Waals surface area contributed by atoms with Gasteiger partial charge in [-0.25, -0.2) is 4.79 Å². The Morgan fingerprint density at radius 2 is 1.59 bits per heavy atom. The smallest absolute Gasteiger partial charge is 0.317 e. The summed E-state index contributed by atoms with van der Waals surface area (Å²) in [6.45, 7) is 5.45. The molecule has 0 heterocycles. The molecule has 156 valence electrons. The van der Waals surface area contributed by atoms with Gasteiger partial charge in [0.2, 0.25) is 5.91 Å². The third kappa shape index (κ3) is 7.58. The van der Waals surface area contributed by atoms with Crippen LogP contribution in [0.3, 0.4) is 0 Å². The van der Waals surface area contributed by atoms with E-state index >= 15 is 0 Å². The van der Waals surface area contributed by atoms with Crippen LogP contribution in [0.2, 0.25) is 0 Å². The lowest BCUT2D eigenvalue weighted by Gasteiger charge is -2.18. The van der Waals surface area contributed by atoms with Crippen molar-refractivity contribution in [1.29, 1.82) is 0 Å². The topological polar surface area (TPSA) is 87.5 Å². The maximum absolute atomic E-state index is 12.1. The molecule has 2 aromatic carbocycles. The third-order valence-corrected chi connectivity index (χ3v) is 4.79.